The average molecular weight is 389 g/mol. The maximum absolute atomic E-state index is 11.4. The van der Waals surface area contributed by atoms with Crippen LogP contribution in [0.1, 0.15) is 5.56 Å². The Kier molecular flexibility index (Phi) is 4.68. The number of hydrogen-bond donors (Lipinski definition) is 2. The molecular weight excluding hydrogens is 370 g/mol. The molecule has 1 aromatic heterocycles. The Morgan fingerprint density at radius 1 is 0.821 bits per heavy atom. The molecule has 0 spiro atoms. The second-order valence-electron chi connectivity index (χ2n) is 6.55. The van der Waals surface area contributed by atoms with Gasteiger partial charge in [0.25, 0.3) is 0 Å². The van der Waals surface area contributed by atoms with Crippen LogP contribution in [-0.2, 0) is 16.6 Å². The molecule has 4 N–H and O–H groups in total. The molecule has 0 aliphatic rings. The van der Waals surface area contributed by atoms with E-state index in [1.807, 2.05) is 48.8 Å². The van der Waals surface area contributed by atoms with Crippen molar-refractivity contribution in [2.45, 2.75) is 11.4 Å². The zero-order valence-corrected chi connectivity index (χ0v) is 15.9. The van der Waals surface area contributed by atoms with Crippen LogP contribution >= 0.6 is 0 Å². The van der Waals surface area contributed by atoms with Crippen molar-refractivity contribution in [3.63, 3.8) is 0 Å². The van der Waals surface area contributed by atoms with E-state index in [1.54, 1.807) is 12.1 Å². The number of nitrogens with two attached hydrogens (primary N) is 2. The highest BCUT2D eigenvalue weighted by atomic mass is 32.2. The topological polar surface area (TPSA) is 99.1 Å². The fourth-order valence-corrected chi connectivity index (χ4v) is 3.89. The molecule has 28 heavy (non-hydrogen) atoms. The molecule has 3 aromatic carbocycles. The monoisotopic (exact) mass is 389 g/mol. The van der Waals surface area contributed by atoms with Gasteiger partial charge in [-0.1, -0.05) is 48.5 Å². The first-order chi connectivity index (χ1) is 13.5. The summed E-state index contributed by atoms with van der Waals surface area (Å²) in [6.07, 6.45) is 3.71. The van der Waals surface area contributed by atoms with E-state index in [4.69, 9.17) is 10.9 Å². The van der Waals surface area contributed by atoms with Crippen LogP contribution in [-0.4, -0.2) is 13.4 Å². The summed E-state index contributed by atoms with van der Waals surface area (Å²) in [4.78, 5) is 4.46. The smallest absolute Gasteiger partial charge is 0.238 e. The van der Waals surface area contributed by atoms with Gasteiger partial charge in [-0.3, -0.25) is 4.98 Å². The van der Waals surface area contributed by atoms with Gasteiger partial charge in [0.15, 0.2) is 0 Å². The van der Waals surface area contributed by atoms with Crippen LogP contribution in [0.15, 0.2) is 84.0 Å². The summed E-state index contributed by atoms with van der Waals surface area (Å²) < 4.78 is 22.9. The van der Waals surface area contributed by atoms with Crippen LogP contribution in [0.2, 0.25) is 0 Å². The molecule has 1 heterocycles. The summed E-state index contributed by atoms with van der Waals surface area (Å²) in [6, 6.07) is 20.7. The Labute approximate surface area is 163 Å². The lowest BCUT2D eigenvalue weighted by Gasteiger charge is -2.13. The van der Waals surface area contributed by atoms with E-state index in [-0.39, 0.29) is 4.90 Å². The molecule has 140 valence electrons. The molecule has 0 unspecified atom stereocenters. The third kappa shape index (κ3) is 3.41. The van der Waals surface area contributed by atoms with Gasteiger partial charge in [0.1, 0.15) is 0 Å². The van der Waals surface area contributed by atoms with E-state index in [0.29, 0.717) is 6.54 Å². The van der Waals surface area contributed by atoms with Crippen molar-refractivity contribution in [1.29, 1.82) is 0 Å². The highest BCUT2D eigenvalue weighted by molar-refractivity contribution is 7.89. The summed E-state index contributed by atoms with van der Waals surface area (Å²) >= 11 is 0. The normalized spacial score (nSPS) is 11.6. The van der Waals surface area contributed by atoms with Gasteiger partial charge in [-0.2, -0.15) is 0 Å². The number of rotatable bonds is 4. The van der Waals surface area contributed by atoms with Crippen LogP contribution < -0.4 is 10.9 Å². The molecule has 0 fully saturated rings. The van der Waals surface area contributed by atoms with E-state index in [0.717, 1.165) is 38.6 Å². The van der Waals surface area contributed by atoms with Crippen molar-refractivity contribution >= 4 is 20.8 Å². The van der Waals surface area contributed by atoms with E-state index in [1.165, 1.54) is 12.1 Å². The van der Waals surface area contributed by atoms with Crippen LogP contribution in [0.3, 0.4) is 0 Å². The molecule has 0 atom stereocenters. The standard InChI is InChI=1S/C22H19N3O2S/c23-12-18-11-16(15-5-8-19(9-6-15)28(24,26)27)7-10-21(18)22-14-25-13-17-3-1-2-4-20(17)22/h1-11,13-14H,12,23H2,(H2,24,26,27). The van der Waals surface area contributed by atoms with Gasteiger partial charge in [0, 0.05) is 29.9 Å². The van der Waals surface area contributed by atoms with Crippen molar-refractivity contribution in [3.05, 3.63) is 84.7 Å². The van der Waals surface area contributed by atoms with Gasteiger partial charge in [-0.25, -0.2) is 13.6 Å². The molecule has 0 bridgehead atoms. The van der Waals surface area contributed by atoms with Gasteiger partial charge >= 0.3 is 0 Å². The van der Waals surface area contributed by atoms with Crippen molar-refractivity contribution < 1.29 is 8.42 Å². The van der Waals surface area contributed by atoms with Crippen LogP contribution in [0.4, 0.5) is 0 Å². The lowest BCUT2D eigenvalue weighted by molar-refractivity contribution is 0.598. The van der Waals surface area contributed by atoms with Gasteiger partial charge in [0.2, 0.25) is 10.0 Å². The number of benzene rings is 3. The second kappa shape index (κ2) is 7.16. The summed E-state index contributed by atoms with van der Waals surface area (Å²) in [7, 11) is -3.71. The van der Waals surface area contributed by atoms with Gasteiger partial charge in [0.05, 0.1) is 4.90 Å². The number of fused-ring (bicyclic) bond motifs is 1. The predicted octanol–water partition coefficient (Wildman–Crippen LogP) is 3.67. The first-order valence-electron chi connectivity index (χ1n) is 8.77. The van der Waals surface area contributed by atoms with Crippen molar-refractivity contribution in [3.8, 4) is 22.3 Å². The van der Waals surface area contributed by atoms with Crippen molar-refractivity contribution in [2.75, 3.05) is 0 Å². The van der Waals surface area contributed by atoms with Gasteiger partial charge < -0.3 is 5.73 Å². The molecule has 0 amide bonds. The molecule has 0 saturated carbocycles. The van der Waals surface area contributed by atoms with E-state index in [2.05, 4.69) is 11.1 Å². The summed E-state index contributed by atoms with van der Waals surface area (Å²) in [5.74, 6) is 0. The molecule has 5 nitrogen and oxygen atoms in total. The van der Waals surface area contributed by atoms with Crippen molar-refractivity contribution in [1.82, 2.24) is 4.98 Å². The number of pyridine rings is 1. The van der Waals surface area contributed by atoms with Crippen LogP contribution in [0.25, 0.3) is 33.0 Å². The molecule has 6 heteroatoms. The summed E-state index contributed by atoms with van der Waals surface area (Å²) in [6.45, 7) is 0.377. The first-order valence-corrected chi connectivity index (χ1v) is 10.3. The summed E-state index contributed by atoms with van der Waals surface area (Å²) in [5, 5.41) is 7.37. The SMILES string of the molecule is NCc1cc(-c2ccc(S(N)(=O)=O)cc2)ccc1-c1cncc2ccccc12. The lowest BCUT2D eigenvalue weighted by atomic mass is 9.93. The van der Waals surface area contributed by atoms with Gasteiger partial charge in [-0.05, 0) is 45.8 Å². The fraction of sp³-hybridized carbons (Fsp3) is 0.0455. The van der Waals surface area contributed by atoms with Crippen LogP contribution in [0.5, 0.6) is 0 Å². The molecule has 4 aromatic rings. The molecular formula is C22H19N3O2S. The van der Waals surface area contributed by atoms with E-state index < -0.39 is 10.0 Å². The zero-order chi connectivity index (χ0) is 19.7. The molecule has 0 aliphatic carbocycles. The lowest BCUT2D eigenvalue weighted by Crippen LogP contribution is -2.11. The second-order valence-corrected chi connectivity index (χ2v) is 8.12. The minimum atomic E-state index is -3.71. The fourth-order valence-electron chi connectivity index (χ4n) is 3.37. The highest BCUT2D eigenvalue weighted by Crippen LogP contribution is 2.33. The Balaban J connectivity index is 1.80. The number of hydrogen-bond acceptors (Lipinski definition) is 4. The average Bonchev–Trinajstić information content (AvgIpc) is 2.72. The van der Waals surface area contributed by atoms with E-state index in [9.17, 15) is 8.42 Å². The minimum absolute atomic E-state index is 0.0914. The molecule has 0 saturated heterocycles. The Morgan fingerprint density at radius 3 is 2.25 bits per heavy atom. The Morgan fingerprint density at radius 2 is 1.54 bits per heavy atom. The van der Waals surface area contributed by atoms with Gasteiger partial charge in [-0.15, -0.1) is 0 Å². The maximum atomic E-state index is 11.4. The molecule has 0 radical (unpaired) electrons. The largest absolute Gasteiger partial charge is 0.326 e. The Bertz CT molecular complexity index is 1260. The van der Waals surface area contributed by atoms with Crippen LogP contribution in [0, 0.1) is 0 Å². The quantitative estimate of drug-likeness (QED) is 0.556. The first kappa shape index (κ1) is 18.3. The Hall–Kier alpha value is -3.06. The zero-order valence-electron chi connectivity index (χ0n) is 15.0. The minimum Gasteiger partial charge on any atom is -0.326 e. The van der Waals surface area contributed by atoms with E-state index >= 15 is 0 Å². The molecule has 0 aliphatic heterocycles. The number of sulfonamides is 1. The van der Waals surface area contributed by atoms with Crippen molar-refractivity contribution in [2.24, 2.45) is 10.9 Å². The number of nitrogens with zero attached hydrogens (tertiary/aromatic N) is 1. The number of primary sulfonamides is 1. The third-order valence-electron chi connectivity index (χ3n) is 4.80. The maximum Gasteiger partial charge on any atom is 0.238 e. The summed E-state index contributed by atoms with van der Waals surface area (Å²) in [5.41, 5.74) is 11.0. The third-order valence-corrected chi connectivity index (χ3v) is 5.73. The highest BCUT2D eigenvalue weighted by Gasteiger charge is 2.11. The molecule has 4 rings (SSSR count). The predicted molar refractivity (Wildman–Crippen MR) is 112 cm³/mol. The number of aromatic nitrogens is 1.